The SMILES string of the molecule is Cc1sc(C(=O)O)cc1S(=O)(=O)NCC1CCCCN1C. The van der Waals surface area contributed by atoms with E-state index in [0.717, 1.165) is 37.1 Å². The molecule has 1 saturated heterocycles. The fraction of sp³-hybridized carbons (Fsp3) is 0.615. The van der Waals surface area contributed by atoms with Gasteiger partial charge in [0.05, 0.1) is 4.90 Å². The van der Waals surface area contributed by atoms with Gasteiger partial charge in [-0.25, -0.2) is 17.9 Å². The van der Waals surface area contributed by atoms with E-state index in [4.69, 9.17) is 5.11 Å². The van der Waals surface area contributed by atoms with Gasteiger partial charge >= 0.3 is 5.97 Å². The van der Waals surface area contributed by atoms with Crippen LogP contribution in [0.15, 0.2) is 11.0 Å². The van der Waals surface area contributed by atoms with Gasteiger partial charge in [0.25, 0.3) is 0 Å². The van der Waals surface area contributed by atoms with E-state index in [-0.39, 0.29) is 15.8 Å². The molecular weight excluding hydrogens is 312 g/mol. The summed E-state index contributed by atoms with van der Waals surface area (Å²) in [7, 11) is -1.66. The van der Waals surface area contributed by atoms with E-state index in [9.17, 15) is 13.2 Å². The summed E-state index contributed by atoms with van der Waals surface area (Å²) in [5, 5.41) is 8.95. The number of aryl methyl sites for hydroxylation is 1. The standard InChI is InChI=1S/C13H20N2O4S2/c1-9-12(7-11(20-9)13(16)17)21(18,19)14-8-10-5-3-4-6-15(10)2/h7,10,14H,3-6,8H2,1-2H3,(H,16,17). The number of likely N-dealkylation sites (tertiary alicyclic amines) is 1. The number of hydrogen-bond acceptors (Lipinski definition) is 5. The molecule has 0 saturated carbocycles. The van der Waals surface area contributed by atoms with Crippen LogP contribution >= 0.6 is 11.3 Å². The van der Waals surface area contributed by atoms with Gasteiger partial charge in [-0.3, -0.25) is 0 Å². The summed E-state index contributed by atoms with van der Waals surface area (Å²) in [6.07, 6.45) is 3.23. The Hall–Kier alpha value is -0.960. The van der Waals surface area contributed by atoms with Gasteiger partial charge in [-0.05, 0) is 39.4 Å². The second kappa shape index (κ2) is 6.43. The van der Waals surface area contributed by atoms with Crippen molar-refractivity contribution < 1.29 is 18.3 Å². The average Bonchev–Trinajstić information content (AvgIpc) is 2.81. The van der Waals surface area contributed by atoms with Gasteiger partial charge in [-0.2, -0.15) is 0 Å². The average molecular weight is 332 g/mol. The lowest BCUT2D eigenvalue weighted by Crippen LogP contribution is -2.44. The van der Waals surface area contributed by atoms with Crippen LogP contribution in [0, 0.1) is 6.92 Å². The molecule has 0 spiro atoms. The summed E-state index contributed by atoms with van der Waals surface area (Å²) in [5.74, 6) is -1.10. The lowest BCUT2D eigenvalue weighted by Gasteiger charge is -2.32. The maximum atomic E-state index is 12.3. The zero-order chi connectivity index (χ0) is 15.6. The Labute approximate surface area is 128 Å². The second-order valence-electron chi connectivity index (χ2n) is 5.32. The van der Waals surface area contributed by atoms with Gasteiger partial charge in [0, 0.05) is 17.5 Å². The summed E-state index contributed by atoms with van der Waals surface area (Å²) in [4.78, 5) is 13.7. The Morgan fingerprint density at radius 3 is 2.81 bits per heavy atom. The van der Waals surface area contributed by atoms with Crippen LogP contribution in [0.2, 0.25) is 0 Å². The molecule has 1 aliphatic rings. The summed E-state index contributed by atoms with van der Waals surface area (Å²) in [5.41, 5.74) is 0. The Morgan fingerprint density at radius 1 is 1.52 bits per heavy atom. The number of nitrogens with one attached hydrogen (secondary N) is 1. The van der Waals surface area contributed by atoms with Gasteiger partial charge in [0.1, 0.15) is 4.88 Å². The number of rotatable bonds is 5. The van der Waals surface area contributed by atoms with E-state index in [1.165, 1.54) is 6.07 Å². The number of hydrogen-bond donors (Lipinski definition) is 2. The fourth-order valence-electron chi connectivity index (χ4n) is 2.52. The van der Waals surface area contributed by atoms with Gasteiger partial charge in [-0.15, -0.1) is 11.3 Å². The van der Waals surface area contributed by atoms with Gasteiger partial charge in [0.2, 0.25) is 10.0 Å². The molecule has 8 heteroatoms. The van der Waals surface area contributed by atoms with Crippen LogP contribution in [0.3, 0.4) is 0 Å². The third kappa shape index (κ3) is 3.82. The van der Waals surface area contributed by atoms with Crippen LogP contribution in [0.25, 0.3) is 0 Å². The Bertz CT molecular complexity index is 624. The number of likely N-dealkylation sites (N-methyl/N-ethyl adjacent to an activating group) is 1. The summed E-state index contributed by atoms with van der Waals surface area (Å²) >= 11 is 0.982. The summed E-state index contributed by atoms with van der Waals surface area (Å²) < 4.78 is 27.3. The number of piperidine rings is 1. The molecule has 1 fully saturated rings. The summed E-state index contributed by atoms with van der Waals surface area (Å²) in [6, 6.07) is 1.43. The number of nitrogens with zero attached hydrogens (tertiary/aromatic N) is 1. The number of carboxylic acid groups (broad SMARTS) is 1. The van der Waals surface area contributed by atoms with E-state index in [1.54, 1.807) is 6.92 Å². The van der Waals surface area contributed by atoms with Crippen molar-refractivity contribution in [2.45, 2.75) is 37.1 Å². The van der Waals surface area contributed by atoms with Crippen molar-refractivity contribution in [1.29, 1.82) is 0 Å². The van der Waals surface area contributed by atoms with E-state index < -0.39 is 16.0 Å². The molecule has 1 unspecified atom stereocenters. The first-order chi connectivity index (χ1) is 9.81. The monoisotopic (exact) mass is 332 g/mol. The molecule has 0 radical (unpaired) electrons. The molecular formula is C13H20N2O4S2. The smallest absolute Gasteiger partial charge is 0.345 e. The zero-order valence-electron chi connectivity index (χ0n) is 12.1. The highest BCUT2D eigenvalue weighted by molar-refractivity contribution is 7.89. The van der Waals surface area contributed by atoms with Crippen LogP contribution in [-0.4, -0.2) is 50.6 Å². The largest absolute Gasteiger partial charge is 0.477 e. The lowest BCUT2D eigenvalue weighted by atomic mass is 10.0. The van der Waals surface area contributed by atoms with Crippen LogP contribution in [0.1, 0.15) is 33.8 Å². The van der Waals surface area contributed by atoms with Crippen LogP contribution in [0.5, 0.6) is 0 Å². The number of sulfonamides is 1. The topological polar surface area (TPSA) is 86.7 Å². The van der Waals surface area contributed by atoms with Crippen molar-refractivity contribution in [1.82, 2.24) is 9.62 Å². The molecule has 2 rings (SSSR count). The van der Waals surface area contributed by atoms with E-state index in [2.05, 4.69) is 9.62 Å². The third-order valence-corrected chi connectivity index (χ3v) is 6.52. The fourth-order valence-corrected chi connectivity index (χ4v) is 5.02. The highest BCUT2D eigenvalue weighted by Crippen LogP contribution is 2.25. The van der Waals surface area contributed by atoms with Crippen molar-refractivity contribution in [2.75, 3.05) is 20.1 Å². The molecule has 2 N–H and O–H groups in total. The molecule has 21 heavy (non-hydrogen) atoms. The molecule has 1 aromatic rings. The van der Waals surface area contributed by atoms with Crippen LogP contribution in [0.4, 0.5) is 0 Å². The van der Waals surface area contributed by atoms with Gasteiger partial charge in [0.15, 0.2) is 0 Å². The minimum Gasteiger partial charge on any atom is -0.477 e. The maximum absolute atomic E-state index is 12.3. The first-order valence-electron chi connectivity index (χ1n) is 6.85. The van der Waals surface area contributed by atoms with Gasteiger partial charge in [-0.1, -0.05) is 6.42 Å². The second-order valence-corrected chi connectivity index (χ2v) is 8.31. The Kier molecular flexibility index (Phi) is 5.03. The van der Waals surface area contributed by atoms with Crippen molar-refractivity contribution in [3.63, 3.8) is 0 Å². The quantitative estimate of drug-likeness (QED) is 0.854. The van der Waals surface area contributed by atoms with Crippen molar-refractivity contribution >= 4 is 27.3 Å². The molecule has 0 aromatic carbocycles. The Morgan fingerprint density at radius 2 is 2.24 bits per heavy atom. The lowest BCUT2D eigenvalue weighted by molar-refractivity contribution is 0.0702. The third-order valence-electron chi connectivity index (χ3n) is 3.80. The molecule has 0 bridgehead atoms. The molecule has 1 aromatic heterocycles. The van der Waals surface area contributed by atoms with Crippen molar-refractivity contribution in [3.05, 3.63) is 15.8 Å². The normalized spacial score (nSPS) is 20.6. The molecule has 0 aliphatic carbocycles. The zero-order valence-corrected chi connectivity index (χ0v) is 13.8. The number of carbonyl (C=O) groups is 1. The predicted molar refractivity (Wildman–Crippen MR) is 81.5 cm³/mol. The minimum atomic E-state index is -3.66. The Balaban J connectivity index is 2.09. The van der Waals surface area contributed by atoms with Crippen molar-refractivity contribution in [3.8, 4) is 0 Å². The van der Waals surface area contributed by atoms with Crippen molar-refractivity contribution in [2.24, 2.45) is 0 Å². The summed E-state index contributed by atoms with van der Waals surface area (Å²) in [6.45, 7) is 2.96. The van der Waals surface area contributed by atoms with Crippen LogP contribution < -0.4 is 4.72 Å². The molecule has 1 aliphatic heterocycles. The number of thiophene rings is 1. The highest BCUT2D eigenvalue weighted by atomic mass is 32.2. The first kappa shape index (κ1) is 16.4. The first-order valence-corrected chi connectivity index (χ1v) is 9.15. The molecule has 6 nitrogen and oxygen atoms in total. The van der Waals surface area contributed by atoms with E-state index >= 15 is 0 Å². The molecule has 118 valence electrons. The number of aromatic carboxylic acids is 1. The van der Waals surface area contributed by atoms with Crippen LogP contribution in [-0.2, 0) is 10.0 Å². The predicted octanol–water partition coefficient (Wildman–Crippen LogP) is 1.52. The molecule has 2 heterocycles. The maximum Gasteiger partial charge on any atom is 0.345 e. The minimum absolute atomic E-state index is 0.0441. The van der Waals surface area contributed by atoms with E-state index in [0.29, 0.717) is 11.4 Å². The molecule has 1 atom stereocenters. The van der Waals surface area contributed by atoms with E-state index in [1.807, 2.05) is 7.05 Å². The number of carboxylic acids is 1. The van der Waals surface area contributed by atoms with Gasteiger partial charge < -0.3 is 10.0 Å². The highest BCUT2D eigenvalue weighted by Gasteiger charge is 2.25. The molecule has 0 amide bonds.